The van der Waals surface area contributed by atoms with Crippen LogP contribution in [0.4, 0.5) is 16.2 Å². The molecule has 0 aliphatic heterocycles. The molecule has 0 unspecified atom stereocenters. The summed E-state index contributed by atoms with van der Waals surface area (Å²) in [6.07, 6.45) is 3.52. The number of urea groups is 1. The van der Waals surface area contributed by atoms with Crippen LogP contribution in [0.25, 0.3) is 0 Å². The first-order valence-electron chi connectivity index (χ1n) is 5.88. The highest BCUT2D eigenvalue weighted by Gasteiger charge is 2.02. The standard InChI is InChI=1S/C12H20N4O/c1-2-3-6-9-14-16-11-8-5-4-7-10(11)15-12(13)17/h4-5,7-8,14,16H,2-3,6,9H2,1H3,(H3,13,15,17). The van der Waals surface area contributed by atoms with E-state index in [1.165, 1.54) is 12.8 Å². The summed E-state index contributed by atoms with van der Waals surface area (Å²) in [6.45, 7) is 3.05. The van der Waals surface area contributed by atoms with E-state index < -0.39 is 6.03 Å². The van der Waals surface area contributed by atoms with Gasteiger partial charge in [-0.1, -0.05) is 31.9 Å². The number of carbonyl (C=O) groups excluding carboxylic acids is 1. The Morgan fingerprint density at radius 1 is 1.24 bits per heavy atom. The molecule has 2 amide bonds. The molecule has 0 fully saturated rings. The Morgan fingerprint density at radius 2 is 1.94 bits per heavy atom. The molecule has 1 aromatic carbocycles. The summed E-state index contributed by atoms with van der Waals surface area (Å²) in [5.74, 6) is 0. The first kappa shape index (κ1) is 13.3. The van der Waals surface area contributed by atoms with Crippen LogP contribution in [0.1, 0.15) is 26.2 Å². The zero-order valence-corrected chi connectivity index (χ0v) is 10.1. The molecule has 0 atom stereocenters. The van der Waals surface area contributed by atoms with Crippen molar-refractivity contribution in [2.75, 3.05) is 17.3 Å². The molecule has 0 aliphatic rings. The minimum atomic E-state index is -0.565. The highest BCUT2D eigenvalue weighted by Crippen LogP contribution is 2.19. The predicted molar refractivity (Wildman–Crippen MR) is 70.8 cm³/mol. The fourth-order valence-corrected chi connectivity index (χ4v) is 1.45. The molecule has 0 saturated carbocycles. The van der Waals surface area contributed by atoms with Crippen LogP contribution in [0, 0.1) is 0 Å². The van der Waals surface area contributed by atoms with Crippen molar-refractivity contribution in [3.05, 3.63) is 24.3 Å². The molecule has 5 nitrogen and oxygen atoms in total. The number of hydrogen-bond acceptors (Lipinski definition) is 3. The molecule has 0 spiro atoms. The average Bonchev–Trinajstić information content (AvgIpc) is 2.30. The maximum atomic E-state index is 10.8. The fraction of sp³-hybridized carbons (Fsp3) is 0.417. The van der Waals surface area contributed by atoms with Crippen molar-refractivity contribution >= 4 is 17.4 Å². The largest absolute Gasteiger partial charge is 0.351 e. The van der Waals surface area contributed by atoms with Crippen molar-refractivity contribution in [3.8, 4) is 0 Å². The molecule has 0 radical (unpaired) electrons. The fourth-order valence-electron chi connectivity index (χ4n) is 1.45. The molecule has 5 heteroatoms. The molecular formula is C12H20N4O. The average molecular weight is 236 g/mol. The number of unbranched alkanes of at least 4 members (excludes halogenated alkanes) is 2. The van der Waals surface area contributed by atoms with Crippen LogP contribution in [0.5, 0.6) is 0 Å². The van der Waals surface area contributed by atoms with Crippen LogP contribution in [-0.2, 0) is 0 Å². The Labute approximate surface area is 102 Å². The van der Waals surface area contributed by atoms with Crippen LogP contribution in [0.3, 0.4) is 0 Å². The van der Waals surface area contributed by atoms with Gasteiger partial charge in [0.15, 0.2) is 0 Å². The number of rotatable bonds is 7. The number of anilines is 2. The van der Waals surface area contributed by atoms with E-state index in [0.717, 1.165) is 18.7 Å². The Hall–Kier alpha value is -1.75. The van der Waals surface area contributed by atoms with Crippen molar-refractivity contribution in [2.45, 2.75) is 26.2 Å². The van der Waals surface area contributed by atoms with Gasteiger partial charge in [-0.25, -0.2) is 10.2 Å². The number of benzene rings is 1. The molecule has 0 saturated heterocycles. The molecule has 94 valence electrons. The summed E-state index contributed by atoms with van der Waals surface area (Å²) < 4.78 is 0. The molecule has 0 aromatic heterocycles. The molecule has 0 aliphatic carbocycles. The Bertz CT molecular complexity index is 354. The van der Waals surface area contributed by atoms with E-state index in [9.17, 15) is 4.79 Å². The van der Waals surface area contributed by atoms with Crippen LogP contribution >= 0.6 is 0 Å². The molecule has 0 heterocycles. The topological polar surface area (TPSA) is 79.2 Å². The molecule has 5 N–H and O–H groups in total. The van der Waals surface area contributed by atoms with Gasteiger partial charge in [0, 0.05) is 6.54 Å². The maximum Gasteiger partial charge on any atom is 0.316 e. The smallest absolute Gasteiger partial charge is 0.316 e. The van der Waals surface area contributed by atoms with Crippen LogP contribution in [0.15, 0.2) is 24.3 Å². The highest BCUT2D eigenvalue weighted by atomic mass is 16.2. The second-order valence-corrected chi connectivity index (χ2v) is 3.79. The number of hydrazine groups is 1. The third-order valence-corrected chi connectivity index (χ3v) is 2.31. The van der Waals surface area contributed by atoms with E-state index in [-0.39, 0.29) is 0 Å². The van der Waals surface area contributed by atoms with E-state index in [1.807, 2.05) is 18.2 Å². The van der Waals surface area contributed by atoms with Gasteiger partial charge in [-0.05, 0) is 18.6 Å². The molecule has 1 aromatic rings. The Morgan fingerprint density at radius 3 is 2.59 bits per heavy atom. The lowest BCUT2D eigenvalue weighted by atomic mass is 10.2. The van der Waals surface area contributed by atoms with Gasteiger partial charge in [0.1, 0.15) is 0 Å². The summed E-state index contributed by atoms with van der Waals surface area (Å²) in [6, 6.07) is 6.83. The second-order valence-electron chi connectivity index (χ2n) is 3.79. The van der Waals surface area contributed by atoms with Crippen LogP contribution in [-0.4, -0.2) is 12.6 Å². The lowest BCUT2D eigenvalue weighted by Crippen LogP contribution is -2.25. The van der Waals surface area contributed by atoms with E-state index in [4.69, 9.17) is 5.73 Å². The van der Waals surface area contributed by atoms with Gasteiger partial charge in [0.05, 0.1) is 11.4 Å². The van der Waals surface area contributed by atoms with E-state index in [2.05, 4.69) is 23.1 Å². The van der Waals surface area contributed by atoms with Crippen molar-refractivity contribution in [1.82, 2.24) is 5.43 Å². The summed E-state index contributed by atoms with van der Waals surface area (Å²) >= 11 is 0. The summed E-state index contributed by atoms with van der Waals surface area (Å²) in [7, 11) is 0. The van der Waals surface area contributed by atoms with Crippen LogP contribution in [0.2, 0.25) is 0 Å². The Kier molecular flexibility index (Phi) is 5.88. The van der Waals surface area contributed by atoms with Gasteiger partial charge in [-0.3, -0.25) is 0 Å². The molecular weight excluding hydrogens is 216 g/mol. The zero-order chi connectivity index (χ0) is 12.5. The number of nitrogens with one attached hydrogen (secondary N) is 3. The summed E-state index contributed by atoms with van der Waals surface area (Å²) in [5, 5.41) is 2.56. The third-order valence-electron chi connectivity index (χ3n) is 2.31. The summed E-state index contributed by atoms with van der Waals surface area (Å²) in [4.78, 5) is 10.8. The number of hydrogen-bond donors (Lipinski definition) is 4. The number of primary amides is 1. The minimum Gasteiger partial charge on any atom is -0.351 e. The van der Waals surface area contributed by atoms with Gasteiger partial charge < -0.3 is 16.5 Å². The van der Waals surface area contributed by atoms with Gasteiger partial charge in [-0.2, -0.15) is 0 Å². The summed E-state index contributed by atoms with van der Waals surface area (Å²) in [5.41, 5.74) is 12.7. The first-order chi connectivity index (χ1) is 8.24. The van der Waals surface area contributed by atoms with Gasteiger partial charge >= 0.3 is 6.03 Å². The minimum absolute atomic E-state index is 0.565. The first-order valence-corrected chi connectivity index (χ1v) is 5.88. The van der Waals surface area contributed by atoms with Crippen molar-refractivity contribution in [2.24, 2.45) is 5.73 Å². The third kappa shape index (κ3) is 5.21. The maximum absolute atomic E-state index is 10.8. The van der Waals surface area contributed by atoms with Crippen molar-refractivity contribution < 1.29 is 4.79 Å². The van der Waals surface area contributed by atoms with Crippen LogP contribution < -0.4 is 21.9 Å². The predicted octanol–water partition coefficient (Wildman–Crippen LogP) is 2.28. The molecule has 17 heavy (non-hydrogen) atoms. The van der Waals surface area contributed by atoms with Crippen molar-refractivity contribution in [3.63, 3.8) is 0 Å². The lowest BCUT2D eigenvalue weighted by molar-refractivity contribution is 0.259. The quantitative estimate of drug-likeness (QED) is 0.433. The van der Waals surface area contributed by atoms with Gasteiger partial charge in [-0.15, -0.1) is 0 Å². The number of nitrogens with two attached hydrogens (primary N) is 1. The number of amides is 2. The van der Waals surface area contributed by atoms with Gasteiger partial charge in [0.2, 0.25) is 0 Å². The Balaban J connectivity index is 2.43. The van der Waals surface area contributed by atoms with E-state index >= 15 is 0 Å². The SMILES string of the molecule is CCCCCNNc1ccccc1NC(N)=O. The van der Waals surface area contributed by atoms with Crippen molar-refractivity contribution in [1.29, 1.82) is 0 Å². The number of carbonyl (C=O) groups is 1. The zero-order valence-electron chi connectivity index (χ0n) is 10.1. The monoisotopic (exact) mass is 236 g/mol. The lowest BCUT2D eigenvalue weighted by Gasteiger charge is -2.12. The van der Waals surface area contributed by atoms with Gasteiger partial charge in [0.25, 0.3) is 0 Å². The molecule has 1 rings (SSSR count). The second kappa shape index (κ2) is 7.51. The highest BCUT2D eigenvalue weighted by molar-refractivity contribution is 5.91. The number of para-hydroxylation sites is 2. The normalized spacial score (nSPS) is 9.94. The van der Waals surface area contributed by atoms with E-state index in [0.29, 0.717) is 5.69 Å². The van der Waals surface area contributed by atoms with E-state index in [1.54, 1.807) is 6.07 Å². The molecule has 0 bridgehead atoms.